The molecule has 6 heteroatoms. The molecule has 1 aliphatic carbocycles. The lowest BCUT2D eigenvalue weighted by Gasteiger charge is -2.43. The van der Waals surface area contributed by atoms with Gasteiger partial charge in [-0.25, -0.2) is 4.98 Å². The molecule has 4 heterocycles. The van der Waals surface area contributed by atoms with E-state index >= 15 is 0 Å². The van der Waals surface area contributed by atoms with Gasteiger partial charge in [0.15, 0.2) is 0 Å². The number of piperazine rings is 1. The highest BCUT2D eigenvalue weighted by molar-refractivity contribution is 5.94. The van der Waals surface area contributed by atoms with Gasteiger partial charge in [-0.3, -0.25) is 9.69 Å². The van der Waals surface area contributed by atoms with Gasteiger partial charge in [0.05, 0.1) is 23.6 Å². The van der Waals surface area contributed by atoms with Gasteiger partial charge < -0.3 is 14.5 Å². The second kappa shape index (κ2) is 6.58. The fraction of sp³-hybridized carbons (Fsp3) is 0.600. The minimum atomic E-state index is 0.128. The van der Waals surface area contributed by atoms with Crippen LogP contribution in [0.2, 0.25) is 0 Å². The highest BCUT2D eigenvalue weighted by Gasteiger charge is 2.37. The van der Waals surface area contributed by atoms with Crippen LogP contribution in [0.25, 0.3) is 0 Å². The number of hydrogen-bond acceptors (Lipinski definition) is 3. The lowest BCUT2D eigenvalue weighted by atomic mass is 9.99. The molecule has 1 N–H and O–H groups in total. The molecule has 2 aliphatic heterocycles. The molecule has 1 atom stereocenters. The maximum atomic E-state index is 12.7. The van der Waals surface area contributed by atoms with Gasteiger partial charge in [0.1, 0.15) is 0 Å². The maximum absolute atomic E-state index is 12.7. The van der Waals surface area contributed by atoms with Gasteiger partial charge in [-0.2, -0.15) is 0 Å². The molecule has 1 saturated carbocycles. The summed E-state index contributed by atoms with van der Waals surface area (Å²) < 4.78 is 2.41. The van der Waals surface area contributed by atoms with Crippen LogP contribution in [0.3, 0.4) is 0 Å². The van der Waals surface area contributed by atoms with Gasteiger partial charge in [0.25, 0.3) is 5.91 Å². The zero-order valence-corrected chi connectivity index (χ0v) is 15.2. The van der Waals surface area contributed by atoms with E-state index in [1.807, 2.05) is 17.2 Å². The van der Waals surface area contributed by atoms with Crippen molar-refractivity contribution in [3.8, 4) is 0 Å². The monoisotopic (exact) mass is 353 g/mol. The Hall–Kier alpha value is -2.08. The summed E-state index contributed by atoms with van der Waals surface area (Å²) in [6.07, 6.45) is 12.2. The van der Waals surface area contributed by atoms with Crippen LogP contribution >= 0.6 is 0 Å². The van der Waals surface area contributed by atoms with E-state index in [4.69, 9.17) is 4.98 Å². The highest BCUT2D eigenvalue weighted by Crippen LogP contribution is 2.33. The quantitative estimate of drug-likeness (QED) is 0.922. The van der Waals surface area contributed by atoms with E-state index in [2.05, 4.69) is 20.8 Å². The number of fused-ring (bicyclic) bond motifs is 3. The Kier molecular flexibility index (Phi) is 4.08. The highest BCUT2D eigenvalue weighted by atomic mass is 16.2. The second-order valence-corrected chi connectivity index (χ2v) is 8.03. The van der Waals surface area contributed by atoms with Crippen molar-refractivity contribution in [2.24, 2.45) is 5.92 Å². The van der Waals surface area contributed by atoms with Gasteiger partial charge in [-0.15, -0.1) is 0 Å². The third-order valence-electron chi connectivity index (χ3n) is 6.48. The SMILES string of the molecule is O=C(c1cc[nH]c1)N1CCN2CCc3c(ncn3CC3CCCC3)C2C1. The minimum Gasteiger partial charge on any atom is -0.367 e. The summed E-state index contributed by atoms with van der Waals surface area (Å²) in [6, 6.07) is 2.11. The Morgan fingerprint density at radius 2 is 2.12 bits per heavy atom. The Labute approximate surface area is 154 Å². The topological polar surface area (TPSA) is 57.2 Å². The van der Waals surface area contributed by atoms with Gasteiger partial charge in [-0.05, 0) is 24.8 Å². The van der Waals surface area contributed by atoms with E-state index in [0.29, 0.717) is 0 Å². The van der Waals surface area contributed by atoms with Crippen LogP contribution in [0.4, 0.5) is 0 Å². The smallest absolute Gasteiger partial charge is 0.255 e. The lowest BCUT2D eigenvalue weighted by Crippen LogP contribution is -2.52. The molecule has 3 aliphatic rings. The van der Waals surface area contributed by atoms with Crippen molar-refractivity contribution in [2.45, 2.75) is 44.7 Å². The minimum absolute atomic E-state index is 0.128. The average Bonchev–Trinajstić information content (AvgIpc) is 3.43. The number of nitrogens with one attached hydrogen (secondary N) is 1. The van der Waals surface area contributed by atoms with E-state index in [0.717, 1.165) is 50.6 Å². The van der Waals surface area contributed by atoms with Crippen LogP contribution < -0.4 is 0 Å². The predicted octanol–water partition coefficient (Wildman–Crippen LogP) is 2.46. The van der Waals surface area contributed by atoms with Crippen molar-refractivity contribution >= 4 is 5.91 Å². The van der Waals surface area contributed by atoms with E-state index in [9.17, 15) is 4.79 Å². The van der Waals surface area contributed by atoms with Crippen LogP contribution in [0.1, 0.15) is 53.5 Å². The first kappa shape index (κ1) is 16.1. The molecule has 0 spiro atoms. The molecule has 2 aromatic rings. The third kappa shape index (κ3) is 2.76. The number of imidazole rings is 1. The molecule has 0 radical (unpaired) electrons. The normalized spacial score (nSPS) is 23.8. The van der Waals surface area contributed by atoms with Crippen LogP contribution in [0.5, 0.6) is 0 Å². The van der Waals surface area contributed by atoms with Crippen molar-refractivity contribution in [1.82, 2.24) is 24.3 Å². The Bertz CT molecular complexity index is 774. The Balaban J connectivity index is 1.36. The molecule has 26 heavy (non-hydrogen) atoms. The molecule has 1 saturated heterocycles. The third-order valence-corrected chi connectivity index (χ3v) is 6.48. The standard InChI is InChI=1S/C20H27N5O/c26-20(16-5-7-21-11-16)24-10-9-23-8-6-17-19(18(23)13-24)22-14-25(17)12-15-3-1-2-4-15/h5,7,11,14-15,18,21H,1-4,6,8-10,12-13H2. The number of carbonyl (C=O) groups is 1. The Morgan fingerprint density at radius 3 is 2.92 bits per heavy atom. The molecular formula is C20H27N5O. The number of H-pyrrole nitrogens is 1. The van der Waals surface area contributed by atoms with Crippen molar-refractivity contribution < 1.29 is 4.79 Å². The number of carbonyl (C=O) groups excluding carboxylic acids is 1. The van der Waals surface area contributed by atoms with Crippen molar-refractivity contribution in [1.29, 1.82) is 0 Å². The van der Waals surface area contributed by atoms with Gasteiger partial charge in [0.2, 0.25) is 0 Å². The van der Waals surface area contributed by atoms with E-state index in [-0.39, 0.29) is 11.9 Å². The predicted molar refractivity (Wildman–Crippen MR) is 98.9 cm³/mol. The molecule has 0 aromatic carbocycles. The van der Waals surface area contributed by atoms with Gasteiger partial charge >= 0.3 is 0 Å². The molecule has 138 valence electrons. The van der Waals surface area contributed by atoms with Crippen LogP contribution in [-0.2, 0) is 13.0 Å². The summed E-state index contributed by atoms with van der Waals surface area (Å²) in [5, 5.41) is 0. The largest absolute Gasteiger partial charge is 0.367 e. The van der Waals surface area contributed by atoms with E-state index in [1.165, 1.54) is 37.1 Å². The summed E-state index contributed by atoms with van der Waals surface area (Å²) in [5.74, 6) is 0.952. The first-order valence-electron chi connectivity index (χ1n) is 9.99. The zero-order valence-electron chi connectivity index (χ0n) is 15.2. The van der Waals surface area contributed by atoms with Crippen molar-refractivity contribution in [2.75, 3.05) is 26.2 Å². The number of aromatic amines is 1. The summed E-state index contributed by atoms with van der Waals surface area (Å²) in [6.45, 7) is 4.70. The second-order valence-electron chi connectivity index (χ2n) is 8.03. The maximum Gasteiger partial charge on any atom is 0.255 e. The summed E-state index contributed by atoms with van der Waals surface area (Å²) >= 11 is 0. The average molecular weight is 353 g/mol. The zero-order chi connectivity index (χ0) is 17.5. The lowest BCUT2D eigenvalue weighted by molar-refractivity contribution is 0.0441. The molecule has 6 nitrogen and oxygen atoms in total. The number of aromatic nitrogens is 3. The molecule has 5 rings (SSSR count). The van der Waals surface area contributed by atoms with Crippen molar-refractivity contribution in [3.63, 3.8) is 0 Å². The molecule has 2 aromatic heterocycles. The van der Waals surface area contributed by atoms with Gasteiger partial charge in [0, 0.05) is 57.2 Å². The van der Waals surface area contributed by atoms with E-state index < -0.39 is 0 Å². The first-order chi connectivity index (χ1) is 12.8. The molecule has 1 unspecified atom stereocenters. The molecule has 2 fully saturated rings. The van der Waals surface area contributed by atoms with Crippen LogP contribution in [-0.4, -0.2) is 56.4 Å². The summed E-state index contributed by atoms with van der Waals surface area (Å²) in [7, 11) is 0. The molecular weight excluding hydrogens is 326 g/mol. The number of hydrogen-bond donors (Lipinski definition) is 1. The molecule has 0 bridgehead atoms. The fourth-order valence-corrected chi connectivity index (χ4v) is 5.02. The fourth-order valence-electron chi connectivity index (χ4n) is 5.02. The number of nitrogens with zero attached hydrogens (tertiary/aromatic N) is 4. The van der Waals surface area contributed by atoms with Crippen LogP contribution in [0, 0.1) is 5.92 Å². The van der Waals surface area contributed by atoms with Crippen molar-refractivity contribution in [3.05, 3.63) is 41.7 Å². The van der Waals surface area contributed by atoms with Gasteiger partial charge in [-0.1, -0.05) is 12.8 Å². The number of amides is 1. The Morgan fingerprint density at radius 1 is 1.23 bits per heavy atom. The summed E-state index contributed by atoms with van der Waals surface area (Å²) in [4.78, 5) is 25.1. The summed E-state index contributed by atoms with van der Waals surface area (Å²) in [5.41, 5.74) is 3.37. The van der Waals surface area contributed by atoms with Crippen LogP contribution in [0.15, 0.2) is 24.8 Å². The first-order valence-corrected chi connectivity index (χ1v) is 9.99. The molecule has 1 amide bonds. The number of rotatable bonds is 3. The van der Waals surface area contributed by atoms with E-state index in [1.54, 1.807) is 6.20 Å².